The van der Waals surface area contributed by atoms with Crippen molar-refractivity contribution in [2.75, 3.05) is 33.2 Å². The lowest BCUT2D eigenvalue weighted by Crippen LogP contribution is -2.42. The lowest BCUT2D eigenvalue weighted by molar-refractivity contribution is 0.249. The Morgan fingerprint density at radius 1 is 1.41 bits per heavy atom. The molecule has 2 saturated heterocycles. The van der Waals surface area contributed by atoms with E-state index in [1.54, 1.807) is 0 Å². The Morgan fingerprint density at radius 3 is 2.91 bits per heavy atom. The van der Waals surface area contributed by atoms with Gasteiger partial charge in [-0.1, -0.05) is 12.1 Å². The highest BCUT2D eigenvalue weighted by Gasteiger charge is 2.30. The third kappa shape index (κ3) is 3.43. The molecule has 3 rings (SSSR count). The van der Waals surface area contributed by atoms with E-state index >= 15 is 0 Å². The molecule has 122 valence electrons. The Morgan fingerprint density at radius 2 is 2.23 bits per heavy atom. The van der Waals surface area contributed by atoms with Crippen LogP contribution in [0.25, 0.3) is 0 Å². The molecule has 1 aromatic rings. The van der Waals surface area contributed by atoms with E-state index in [2.05, 4.69) is 32.2 Å². The molecule has 1 atom stereocenters. The van der Waals surface area contributed by atoms with Crippen LogP contribution in [0.5, 0.6) is 0 Å². The van der Waals surface area contributed by atoms with Crippen molar-refractivity contribution in [2.24, 2.45) is 4.99 Å². The molecule has 1 unspecified atom stereocenters. The predicted octanol–water partition coefficient (Wildman–Crippen LogP) is 1.48. The largest absolute Gasteiger partial charge is 0.359 e. The Labute approximate surface area is 132 Å². The summed E-state index contributed by atoms with van der Waals surface area (Å²) < 4.78 is 5.32. The fourth-order valence-corrected chi connectivity index (χ4v) is 3.44. The van der Waals surface area contributed by atoms with E-state index in [-0.39, 0.29) is 0 Å². The minimum absolute atomic E-state index is 0.643. The van der Waals surface area contributed by atoms with Crippen molar-refractivity contribution >= 4 is 5.96 Å². The fourth-order valence-electron chi connectivity index (χ4n) is 3.44. The number of likely N-dealkylation sites (tertiary alicyclic amines) is 2. The predicted molar refractivity (Wildman–Crippen MR) is 86.9 cm³/mol. The number of nitrogens with one attached hydrogen (secondary N) is 1. The first kappa shape index (κ1) is 15.3. The van der Waals surface area contributed by atoms with Gasteiger partial charge in [0.15, 0.2) is 11.7 Å². The summed E-state index contributed by atoms with van der Waals surface area (Å²) in [6, 6.07) is 2.70. The molecule has 0 aromatic carbocycles. The van der Waals surface area contributed by atoms with Crippen LogP contribution in [0.3, 0.4) is 0 Å². The summed E-state index contributed by atoms with van der Waals surface area (Å²) in [5, 5.41) is 7.43. The third-order valence-electron chi connectivity index (χ3n) is 4.72. The smallest absolute Gasteiger partial charge is 0.194 e. The topological polar surface area (TPSA) is 56.9 Å². The highest BCUT2D eigenvalue weighted by atomic mass is 16.5. The quantitative estimate of drug-likeness (QED) is 0.674. The van der Waals surface area contributed by atoms with Crippen molar-refractivity contribution in [1.29, 1.82) is 0 Å². The minimum Gasteiger partial charge on any atom is -0.359 e. The highest BCUT2D eigenvalue weighted by molar-refractivity contribution is 5.80. The van der Waals surface area contributed by atoms with E-state index < -0.39 is 0 Å². The number of aliphatic imine (C=N–C) groups is 1. The van der Waals surface area contributed by atoms with E-state index in [4.69, 9.17) is 4.52 Å². The van der Waals surface area contributed by atoms with Gasteiger partial charge in [-0.3, -0.25) is 9.89 Å². The number of aromatic nitrogens is 1. The molecule has 0 spiro atoms. The Kier molecular flexibility index (Phi) is 4.97. The molecule has 0 bridgehead atoms. The van der Waals surface area contributed by atoms with Gasteiger partial charge in [0.05, 0.1) is 12.2 Å². The van der Waals surface area contributed by atoms with Gasteiger partial charge < -0.3 is 14.7 Å². The summed E-state index contributed by atoms with van der Waals surface area (Å²) in [5.74, 6) is 1.84. The Balaban J connectivity index is 1.51. The monoisotopic (exact) mass is 305 g/mol. The van der Waals surface area contributed by atoms with Gasteiger partial charge in [0.25, 0.3) is 0 Å². The maximum atomic E-state index is 5.32. The summed E-state index contributed by atoms with van der Waals surface area (Å²) in [6.07, 6.45) is 4.86. The standard InChI is InChI=1S/C16H27N5O/c1-3-13-10-15(22-19-13)11-18-16(17-2)21-9-6-14(12-21)20-7-4-5-8-20/h10,14H,3-9,11-12H2,1-2H3,(H,17,18). The normalized spacial score (nSPS) is 23.5. The average molecular weight is 305 g/mol. The molecule has 0 aliphatic carbocycles. The zero-order valence-electron chi connectivity index (χ0n) is 13.7. The van der Waals surface area contributed by atoms with Gasteiger partial charge in [0.1, 0.15) is 0 Å². The SMILES string of the molecule is CCc1cc(CNC(=NC)N2CCC(N3CCCC3)C2)on1. The second-order valence-corrected chi connectivity index (χ2v) is 6.17. The molecule has 3 heterocycles. The van der Waals surface area contributed by atoms with E-state index in [9.17, 15) is 0 Å². The number of nitrogens with zero attached hydrogens (tertiary/aromatic N) is 4. The van der Waals surface area contributed by atoms with Crippen LogP contribution in [0.15, 0.2) is 15.6 Å². The number of aryl methyl sites for hydroxylation is 1. The molecular weight excluding hydrogens is 278 g/mol. The van der Waals surface area contributed by atoms with Gasteiger partial charge in [-0.05, 0) is 38.8 Å². The summed E-state index contributed by atoms with van der Waals surface area (Å²) in [5.41, 5.74) is 1.00. The summed E-state index contributed by atoms with van der Waals surface area (Å²) in [6.45, 7) is 7.42. The van der Waals surface area contributed by atoms with Crippen LogP contribution in [0.1, 0.15) is 37.6 Å². The molecule has 1 aromatic heterocycles. The molecule has 2 aliphatic heterocycles. The first-order chi connectivity index (χ1) is 10.8. The van der Waals surface area contributed by atoms with Crippen molar-refractivity contribution < 1.29 is 4.52 Å². The lowest BCUT2D eigenvalue weighted by atomic mass is 10.2. The first-order valence-electron chi connectivity index (χ1n) is 8.44. The number of hydrogen-bond donors (Lipinski definition) is 1. The summed E-state index contributed by atoms with van der Waals surface area (Å²) >= 11 is 0. The van der Waals surface area contributed by atoms with Crippen molar-refractivity contribution in [1.82, 2.24) is 20.3 Å². The molecule has 0 amide bonds. The van der Waals surface area contributed by atoms with Crippen LogP contribution >= 0.6 is 0 Å². The highest BCUT2D eigenvalue weighted by Crippen LogP contribution is 2.20. The van der Waals surface area contributed by atoms with Gasteiger partial charge in [-0.25, -0.2) is 0 Å². The lowest BCUT2D eigenvalue weighted by Gasteiger charge is -2.25. The molecule has 2 aliphatic rings. The number of hydrogen-bond acceptors (Lipinski definition) is 4. The summed E-state index contributed by atoms with van der Waals surface area (Å²) in [7, 11) is 1.85. The second kappa shape index (κ2) is 7.13. The van der Waals surface area contributed by atoms with E-state index in [0.717, 1.165) is 36.9 Å². The molecule has 0 radical (unpaired) electrons. The minimum atomic E-state index is 0.643. The molecule has 0 saturated carbocycles. The zero-order chi connectivity index (χ0) is 15.4. The third-order valence-corrected chi connectivity index (χ3v) is 4.72. The van der Waals surface area contributed by atoms with Crippen molar-refractivity contribution in [2.45, 2.75) is 45.2 Å². The molecular formula is C16H27N5O. The van der Waals surface area contributed by atoms with Crippen LogP contribution < -0.4 is 5.32 Å². The number of rotatable bonds is 4. The molecule has 6 heteroatoms. The van der Waals surface area contributed by atoms with E-state index in [0.29, 0.717) is 12.6 Å². The van der Waals surface area contributed by atoms with Gasteiger partial charge >= 0.3 is 0 Å². The van der Waals surface area contributed by atoms with Gasteiger partial charge in [0, 0.05) is 32.2 Å². The Bertz CT molecular complexity index is 506. The van der Waals surface area contributed by atoms with Crippen molar-refractivity contribution in [3.63, 3.8) is 0 Å². The second-order valence-electron chi connectivity index (χ2n) is 6.17. The van der Waals surface area contributed by atoms with Crippen molar-refractivity contribution in [3.8, 4) is 0 Å². The van der Waals surface area contributed by atoms with E-state index in [1.165, 1.54) is 32.4 Å². The van der Waals surface area contributed by atoms with Crippen LogP contribution in [0.2, 0.25) is 0 Å². The molecule has 2 fully saturated rings. The van der Waals surface area contributed by atoms with Crippen LogP contribution in [-0.2, 0) is 13.0 Å². The first-order valence-corrected chi connectivity index (χ1v) is 8.44. The van der Waals surface area contributed by atoms with Gasteiger partial charge in [0.2, 0.25) is 0 Å². The molecule has 1 N–H and O–H groups in total. The summed E-state index contributed by atoms with van der Waals surface area (Å²) in [4.78, 5) is 9.42. The Hall–Kier alpha value is -1.56. The maximum Gasteiger partial charge on any atom is 0.194 e. The maximum absolute atomic E-state index is 5.32. The van der Waals surface area contributed by atoms with Crippen LogP contribution in [0, 0.1) is 0 Å². The van der Waals surface area contributed by atoms with Gasteiger partial charge in [-0.2, -0.15) is 0 Å². The zero-order valence-corrected chi connectivity index (χ0v) is 13.7. The average Bonchev–Trinajstić information content (AvgIpc) is 3.28. The number of guanidine groups is 1. The van der Waals surface area contributed by atoms with Crippen LogP contribution in [0.4, 0.5) is 0 Å². The van der Waals surface area contributed by atoms with Crippen molar-refractivity contribution in [3.05, 3.63) is 17.5 Å². The van der Waals surface area contributed by atoms with Crippen LogP contribution in [-0.4, -0.2) is 60.2 Å². The van der Waals surface area contributed by atoms with Gasteiger partial charge in [-0.15, -0.1) is 0 Å². The molecule has 22 heavy (non-hydrogen) atoms. The van der Waals surface area contributed by atoms with E-state index in [1.807, 2.05) is 13.1 Å². The fraction of sp³-hybridized carbons (Fsp3) is 0.750. The molecule has 6 nitrogen and oxygen atoms in total.